The Morgan fingerprint density at radius 3 is 2.29 bits per heavy atom. The molecule has 0 bridgehead atoms. The van der Waals surface area contributed by atoms with Gasteiger partial charge in [0.05, 0.1) is 29.0 Å². The van der Waals surface area contributed by atoms with Crippen LogP contribution in [0.3, 0.4) is 0 Å². The lowest BCUT2D eigenvalue weighted by molar-refractivity contribution is -0.169. The van der Waals surface area contributed by atoms with E-state index in [0.29, 0.717) is 17.7 Å². The summed E-state index contributed by atoms with van der Waals surface area (Å²) >= 11 is 0. The summed E-state index contributed by atoms with van der Waals surface area (Å²) in [4.78, 5) is 41.9. The number of carbonyl (C=O) groups excluding carboxylic acids is 3. The maximum absolute atomic E-state index is 14.0. The molecule has 0 aromatic heterocycles. The van der Waals surface area contributed by atoms with Gasteiger partial charge < -0.3 is 14.5 Å². The van der Waals surface area contributed by atoms with Gasteiger partial charge in [-0.25, -0.2) is 4.90 Å². The molecular weight excluding hydrogens is 460 g/mol. The SMILES string of the molecule is CC(C)CC1(C)Oc2ccccc2C(=O)N1C(=O)[C@H](C)[C@H]1NC(=O)[C@@H]1[C@@](C)(O[SiH](C)C)C(C)(C)C. The Kier molecular flexibility index (Phi) is 7.32. The standard InChI is InChI=1S/C27H42N2O5Si/c1-16(2)15-26(7)29(24(32)18-13-11-12-14-19(18)33-26)23(31)17(3)21-20(22(30)28-21)27(8,25(4,5)6)34-35(9)10/h11-14,16-17,20-21,35H,15H2,1-10H3,(H,28,30)/t17-,20-,21-,26?,27-/m1/s1. The molecule has 2 aliphatic heterocycles. The molecule has 0 radical (unpaired) electrons. The van der Waals surface area contributed by atoms with E-state index in [0.717, 1.165) is 0 Å². The van der Waals surface area contributed by atoms with Crippen molar-refractivity contribution >= 4 is 26.8 Å². The van der Waals surface area contributed by atoms with Crippen molar-refractivity contribution in [2.24, 2.45) is 23.2 Å². The third-order valence-electron chi connectivity index (χ3n) is 7.57. The summed E-state index contributed by atoms with van der Waals surface area (Å²) in [6.07, 6.45) is 0.494. The molecule has 5 atom stereocenters. The summed E-state index contributed by atoms with van der Waals surface area (Å²) < 4.78 is 12.8. The first-order chi connectivity index (χ1) is 16.0. The Hall–Kier alpha value is -2.19. The fourth-order valence-electron chi connectivity index (χ4n) is 5.55. The normalized spacial score (nSPS) is 27.0. The lowest BCUT2D eigenvalue weighted by Gasteiger charge is -2.56. The summed E-state index contributed by atoms with van der Waals surface area (Å²) in [5, 5.41) is 2.96. The minimum Gasteiger partial charge on any atom is -0.467 e. The molecule has 3 rings (SSSR count). The van der Waals surface area contributed by atoms with Gasteiger partial charge in [0.15, 0.2) is 14.8 Å². The van der Waals surface area contributed by atoms with Crippen LogP contribution in [0.2, 0.25) is 13.1 Å². The number of imide groups is 1. The predicted molar refractivity (Wildman–Crippen MR) is 139 cm³/mol. The van der Waals surface area contributed by atoms with Crippen molar-refractivity contribution < 1.29 is 23.5 Å². The van der Waals surface area contributed by atoms with Gasteiger partial charge in [-0.1, -0.05) is 53.7 Å². The molecule has 0 spiro atoms. The molecule has 8 heteroatoms. The molecule has 0 aliphatic carbocycles. The van der Waals surface area contributed by atoms with Crippen LogP contribution < -0.4 is 10.1 Å². The van der Waals surface area contributed by atoms with Gasteiger partial charge in [0.25, 0.3) is 5.91 Å². The first-order valence-electron chi connectivity index (χ1n) is 12.7. The number of hydrogen-bond acceptors (Lipinski definition) is 5. The van der Waals surface area contributed by atoms with Crippen LogP contribution >= 0.6 is 0 Å². The molecule has 1 fully saturated rings. The molecule has 0 saturated carbocycles. The maximum atomic E-state index is 14.0. The van der Waals surface area contributed by atoms with E-state index in [4.69, 9.17) is 9.16 Å². The van der Waals surface area contributed by atoms with Crippen molar-refractivity contribution in [1.29, 1.82) is 0 Å². The molecule has 194 valence electrons. The summed E-state index contributed by atoms with van der Waals surface area (Å²) in [6.45, 7) is 20.0. The second-order valence-corrected chi connectivity index (χ2v) is 14.5. The molecular formula is C27H42N2O5Si. The zero-order valence-corrected chi connectivity index (χ0v) is 24.0. The zero-order chi connectivity index (χ0) is 26.5. The number of rotatable bonds is 7. The van der Waals surface area contributed by atoms with Gasteiger partial charge in [-0.15, -0.1) is 0 Å². The van der Waals surface area contributed by atoms with Gasteiger partial charge in [-0.2, -0.15) is 0 Å². The number of nitrogens with zero attached hydrogens (tertiary/aromatic N) is 1. The highest BCUT2D eigenvalue weighted by Gasteiger charge is 2.60. The van der Waals surface area contributed by atoms with E-state index in [-0.39, 0.29) is 29.1 Å². The molecule has 1 saturated heterocycles. The predicted octanol–water partition coefficient (Wildman–Crippen LogP) is 4.37. The van der Waals surface area contributed by atoms with E-state index >= 15 is 0 Å². The van der Waals surface area contributed by atoms with Crippen molar-refractivity contribution in [3.05, 3.63) is 29.8 Å². The summed E-state index contributed by atoms with van der Waals surface area (Å²) in [5.41, 5.74) is -1.83. The van der Waals surface area contributed by atoms with E-state index in [9.17, 15) is 14.4 Å². The van der Waals surface area contributed by atoms with Crippen molar-refractivity contribution in [1.82, 2.24) is 10.2 Å². The quantitative estimate of drug-likeness (QED) is 0.442. The van der Waals surface area contributed by atoms with E-state index < -0.39 is 38.2 Å². The first kappa shape index (κ1) is 27.4. The number of nitrogens with one attached hydrogen (secondary N) is 1. The van der Waals surface area contributed by atoms with Gasteiger partial charge >= 0.3 is 0 Å². The summed E-state index contributed by atoms with van der Waals surface area (Å²) in [6, 6.07) is 6.59. The van der Waals surface area contributed by atoms with Crippen LogP contribution in [-0.4, -0.2) is 49.0 Å². The van der Waals surface area contributed by atoms with Crippen LogP contribution in [0, 0.1) is 23.2 Å². The topological polar surface area (TPSA) is 84.9 Å². The van der Waals surface area contributed by atoms with E-state index in [1.54, 1.807) is 32.0 Å². The largest absolute Gasteiger partial charge is 0.467 e. The highest BCUT2D eigenvalue weighted by atomic mass is 28.3. The van der Waals surface area contributed by atoms with Gasteiger partial charge in [-0.3, -0.25) is 14.4 Å². The molecule has 2 aliphatic rings. The smallest absolute Gasteiger partial charge is 0.267 e. The number of ether oxygens (including phenoxy) is 1. The molecule has 1 aromatic carbocycles. The fraction of sp³-hybridized carbons (Fsp3) is 0.667. The van der Waals surface area contributed by atoms with Gasteiger partial charge in [-0.05, 0) is 50.4 Å². The highest BCUT2D eigenvalue weighted by Crippen LogP contribution is 2.47. The van der Waals surface area contributed by atoms with Gasteiger partial charge in [0.1, 0.15) is 5.75 Å². The molecule has 3 amide bonds. The molecule has 1 N–H and O–H groups in total. The Labute approximate surface area is 211 Å². The summed E-state index contributed by atoms with van der Waals surface area (Å²) in [5.74, 6) is -1.28. The van der Waals surface area contributed by atoms with Crippen LogP contribution in [0.5, 0.6) is 5.75 Å². The zero-order valence-electron chi connectivity index (χ0n) is 22.9. The Balaban J connectivity index is 1.99. The number of amides is 3. The number of carbonyl (C=O) groups is 3. The number of hydrogen-bond donors (Lipinski definition) is 1. The minimum absolute atomic E-state index is 0.113. The van der Waals surface area contributed by atoms with Crippen molar-refractivity contribution in [3.63, 3.8) is 0 Å². The second-order valence-electron chi connectivity index (χ2n) is 12.2. The third kappa shape index (κ3) is 4.79. The van der Waals surface area contributed by atoms with Crippen molar-refractivity contribution in [2.75, 3.05) is 0 Å². The molecule has 7 nitrogen and oxygen atoms in total. The average molecular weight is 503 g/mol. The number of para-hydroxylation sites is 1. The second kappa shape index (κ2) is 9.35. The van der Waals surface area contributed by atoms with Crippen molar-refractivity contribution in [3.8, 4) is 5.75 Å². The lowest BCUT2D eigenvalue weighted by Crippen LogP contribution is -2.74. The van der Waals surface area contributed by atoms with Gasteiger partial charge in [0.2, 0.25) is 11.8 Å². The monoisotopic (exact) mass is 502 g/mol. The van der Waals surface area contributed by atoms with Crippen LogP contribution in [0.1, 0.15) is 72.2 Å². The van der Waals surface area contributed by atoms with Crippen LogP contribution in [0.4, 0.5) is 0 Å². The van der Waals surface area contributed by atoms with Crippen LogP contribution in [0.25, 0.3) is 0 Å². The van der Waals surface area contributed by atoms with E-state index in [2.05, 4.69) is 39.2 Å². The molecule has 35 heavy (non-hydrogen) atoms. The fourth-order valence-corrected chi connectivity index (χ4v) is 7.03. The molecule has 1 aromatic rings. The Morgan fingerprint density at radius 1 is 1.17 bits per heavy atom. The highest BCUT2D eigenvalue weighted by molar-refractivity contribution is 6.48. The number of benzene rings is 1. The van der Waals surface area contributed by atoms with Gasteiger partial charge in [0, 0.05) is 6.42 Å². The molecule has 2 heterocycles. The first-order valence-corrected chi connectivity index (χ1v) is 15.5. The minimum atomic E-state index is -1.50. The van der Waals surface area contributed by atoms with Crippen molar-refractivity contribution in [2.45, 2.75) is 92.3 Å². The molecule has 1 unspecified atom stereocenters. The summed E-state index contributed by atoms with van der Waals surface area (Å²) in [7, 11) is -1.50. The third-order valence-corrected chi connectivity index (χ3v) is 8.53. The Morgan fingerprint density at radius 2 is 1.77 bits per heavy atom. The number of fused-ring (bicyclic) bond motifs is 1. The van der Waals surface area contributed by atoms with E-state index in [1.165, 1.54) is 4.90 Å². The van der Waals surface area contributed by atoms with Crippen LogP contribution in [0.15, 0.2) is 24.3 Å². The van der Waals surface area contributed by atoms with Crippen LogP contribution in [-0.2, 0) is 14.0 Å². The average Bonchev–Trinajstić information content (AvgIpc) is 2.68. The Bertz CT molecular complexity index is 1000. The lowest BCUT2D eigenvalue weighted by atomic mass is 9.62. The maximum Gasteiger partial charge on any atom is 0.267 e. The van der Waals surface area contributed by atoms with E-state index in [1.807, 2.05) is 26.8 Å². The number of β-lactam (4-membered cyclic amide) rings is 1.